The molecule has 0 saturated carbocycles. The van der Waals surface area contributed by atoms with Crippen LogP contribution in [0.25, 0.3) is 0 Å². The molecule has 0 aliphatic rings. The van der Waals surface area contributed by atoms with Crippen LogP contribution in [0.4, 0.5) is 17.3 Å². The second-order valence-corrected chi connectivity index (χ2v) is 3.41. The first kappa shape index (κ1) is 15.9. The summed E-state index contributed by atoms with van der Waals surface area (Å²) in [5.41, 5.74) is -1.33. The zero-order valence-corrected chi connectivity index (χ0v) is 12.7. The number of ether oxygens (including phenoxy) is 1. The van der Waals surface area contributed by atoms with Gasteiger partial charge in [0.2, 0.25) is 0 Å². The molecule has 0 saturated heterocycles. The Labute approximate surface area is 135 Å². The smallest absolute Gasteiger partial charge is 0.498 e. The molecular weight excluding hydrogens is 306 g/mol. The van der Waals surface area contributed by atoms with Gasteiger partial charge in [-0.1, -0.05) is 0 Å². The van der Waals surface area contributed by atoms with Crippen molar-refractivity contribution in [2.24, 2.45) is 0 Å². The Morgan fingerprint density at radius 1 is 1.27 bits per heavy atom. The standard InChI is InChI=1S/C7H5BBrF4O.K/c1-14-7-4(9)2-3-5(10)6(7)8(11,12)13;/h2-3H,1H3;/q-1;+1. The maximum atomic E-state index is 12.9. The van der Waals surface area contributed by atoms with Gasteiger partial charge in [0, 0.05) is 0 Å². The van der Waals surface area contributed by atoms with Crippen LogP contribution in [-0.2, 0) is 0 Å². The van der Waals surface area contributed by atoms with E-state index < -0.39 is 24.0 Å². The molecule has 15 heavy (non-hydrogen) atoms. The van der Waals surface area contributed by atoms with Gasteiger partial charge in [0.05, 0.1) is 17.4 Å². The molecular formula is C7H5BBrF4KO. The number of benzene rings is 1. The molecule has 8 heteroatoms. The van der Waals surface area contributed by atoms with E-state index in [9.17, 15) is 17.3 Å². The average Bonchev–Trinajstić information content (AvgIpc) is 2.06. The summed E-state index contributed by atoms with van der Waals surface area (Å²) in [5, 5.41) is 0. The Bertz CT molecular complexity index is 358. The molecule has 0 aromatic heterocycles. The normalized spacial score (nSPS) is 10.8. The third kappa shape index (κ3) is 3.71. The van der Waals surface area contributed by atoms with E-state index in [0.717, 1.165) is 13.2 Å². The monoisotopic (exact) mass is 310 g/mol. The topological polar surface area (TPSA) is 9.23 Å². The van der Waals surface area contributed by atoms with E-state index in [-0.39, 0.29) is 55.9 Å². The van der Waals surface area contributed by atoms with Crippen molar-refractivity contribution in [2.75, 3.05) is 7.11 Å². The zero-order chi connectivity index (χ0) is 10.9. The van der Waals surface area contributed by atoms with Crippen LogP contribution in [0, 0.1) is 5.82 Å². The number of halogens is 5. The van der Waals surface area contributed by atoms with Crippen LogP contribution < -0.4 is 61.6 Å². The van der Waals surface area contributed by atoms with Crippen molar-refractivity contribution >= 4 is 28.4 Å². The third-order valence-electron chi connectivity index (χ3n) is 1.63. The Balaban J connectivity index is 0.00000196. The average molecular weight is 311 g/mol. The minimum absolute atomic E-state index is 0. The van der Waals surface area contributed by atoms with Gasteiger partial charge in [0.15, 0.2) is 0 Å². The van der Waals surface area contributed by atoms with E-state index in [0.29, 0.717) is 0 Å². The molecule has 0 heterocycles. The number of rotatable bonds is 2. The van der Waals surface area contributed by atoms with Crippen molar-refractivity contribution in [3.63, 3.8) is 0 Å². The summed E-state index contributed by atoms with van der Waals surface area (Å²) in [5.74, 6) is -1.84. The predicted molar refractivity (Wildman–Crippen MR) is 49.4 cm³/mol. The molecule has 1 nitrogen and oxygen atoms in total. The first-order valence-electron chi connectivity index (χ1n) is 3.59. The van der Waals surface area contributed by atoms with Crippen molar-refractivity contribution in [3.05, 3.63) is 22.4 Å². The van der Waals surface area contributed by atoms with Crippen LogP contribution >= 0.6 is 15.9 Å². The van der Waals surface area contributed by atoms with Crippen LogP contribution in [0.1, 0.15) is 0 Å². The van der Waals surface area contributed by atoms with E-state index in [1.807, 2.05) is 0 Å². The maximum Gasteiger partial charge on any atom is 1.00 e. The molecule has 78 valence electrons. The second-order valence-electron chi connectivity index (χ2n) is 2.55. The fourth-order valence-corrected chi connectivity index (χ4v) is 1.57. The second kappa shape index (κ2) is 6.02. The summed E-state index contributed by atoms with van der Waals surface area (Å²) in [4.78, 5) is 0. The molecule has 1 aromatic rings. The van der Waals surface area contributed by atoms with Gasteiger partial charge in [-0.15, -0.1) is 0 Å². The van der Waals surface area contributed by atoms with Crippen LogP contribution in [0.5, 0.6) is 5.75 Å². The Kier molecular flexibility index (Phi) is 6.39. The quantitative estimate of drug-likeness (QED) is 0.536. The molecule has 0 unspecified atom stereocenters. The van der Waals surface area contributed by atoms with Gasteiger partial charge >= 0.3 is 58.4 Å². The van der Waals surface area contributed by atoms with Gasteiger partial charge in [0.1, 0.15) is 5.75 Å². The van der Waals surface area contributed by atoms with Crippen molar-refractivity contribution in [2.45, 2.75) is 0 Å². The minimum Gasteiger partial charge on any atom is -0.498 e. The molecule has 1 rings (SSSR count). The summed E-state index contributed by atoms with van der Waals surface area (Å²) in [6.07, 6.45) is 0. The molecule has 0 amide bonds. The van der Waals surface area contributed by atoms with Crippen molar-refractivity contribution in [1.82, 2.24) is 0 Å². The van der Waals surface area contributed by atoms with Crippen LogP contribution in [0.15, 0.2) is 16.6 Å². The van der Waals surface area contributed by atoms with E-state index in [1.165, 1.54) is 6.07 Å². The van der Waals surface area contributed by atoms with Gasteiger partial charge in [0.25, 0.3) is 0 Å². The Hall–Kier alpha value is 0.921. The Morgan fingerprint density at radius 3 is 2.13 bits per heavy atom. The molecule has 1 aromatic carbocycles. The zero-order valence-electron chi connectivity index (χ0n) is 8.03. The fourth-order valence-electron chi connectivity index (χ4n) is 1.06. The van der Waals surface area contributed by atoms with Gasteiger partial charge in [-0.2, -0.15) is 0 Å². The summed E-state index contributed by atoms with van der Waals surface area (Å²) in [6.45, 7) is -5.41. The molecule has 0 radical (unpaired) electrons. The van der Waals surface area contributed by atoms with Crippen LogP contribution in [-0.4, -0.2) is 14.1 Å². The fraction of sp³-hybridized carbons (Fsp3) is 0.143. The third-order valence-corrected chi connectivity index (χ3v) is 2.25. The molecule has 0 atom stereocenters. The molecule has 0 spiro atoms. The van der Waals surface area contributed by atoms with Gasteiger partial charge in [-0.3, -0.25) is 0 Å². The van der Waals surface area contributed by atoms with E-state index in [4.69, 9.17) is 0 Å². The largest absolute Gasteiger partial charge is 1.00 e. The van der Waals surface area contributed by atoms with Gasteiger partial charge in [-0.25, -0.2) is 4.39 Å². The van der Waals surface area contributed by atoms with Crippen LogP contribution in [0.2, 0.25) is 0 Å². The minimum atomic E-state index is -5.41. The van der Waals surface area contributed by atoms with Crippen molar-refractivity contribution in [1.29, 1.82) is 0 Å². The van der Waals surface area contributed by atoms with Crippen molar-refractivity contribution in [3.8, 4) is 5.75 Å². The molecule has 0 N–H and O–H groups in total. The molecule has 0 aliphatic heterocycles. The summed E-state index contributed by atoms with van der Waals surface area (Å²) < 4.78 is 54.7. The summed E-state index contributed by atoms with van der Waals surface area (Å²) in [7, 11) is 1.06. The predicted octanol–water partition coefficient (Wildman–Crippen LogP) is -0.345. The summed E-state index contributed by atoms with van der Waals surface area (Å²) >= 11 is 2.85. The number of hydrogen-bond donors (Lipinski definition) is 0. The summed E-state index contributed by atoms with van der Waals surface area (Å²) in [6, 6.07) is 1.91. The van der Waals surface area contributed by atoms with E-state index >= 15 is 0 Å². The Morgan fingerprint density at radius 2 is 1.80 bits per heavy atom. The first-order chi connectivity index (χ1) is 6.38. The molecule has 0 bridgehead atoms. The van der Waals surface area contributed by atoms with Gasteiger partial charge < -0.3 is 17.7 Å². The molecule has 0 fully saturated rings. The van der Waals surface area contributed by atoms with Crippen LogP contribution in [0.3, 0.4) is 0 Å². The van der Waals surface area contributed by atoms with Gasteiger partial charge in [-0.05, 0) is 33.5 Å². The van der Waals surface area contributed by atoms with E-state index in [2.05, 4.69) is 20.7 Å². The van der Waals surface area contributed by atoms with Crippen molar-refractivity contribution < 1.29 is 73.5 Å². The number of hydrogen-bond acceptors (Lipinski definition) is 1. The molecule has 0 aliphatic carbocycles. The maximum absolute atomic E-state index is 12.9. The SMILES string of the molecule is COc1c(Br)ccc(F)c1[B-](F)(F)F.[K+]. The first-order valence-corrected chi connectivity index (χ1v) is 4.39. The van der Waals surface area contributed by atoms with E-state index in [1.54, 1.807) is 0 Å². The number of methoxy groups -OCH3 is 1.